The van der Waals surface area contributed by atoms with Gasteiger partial charge in [0.2, 0.25) is 5.91 Å². The number of nitrogens with zero attached hydrogens (tertiary/aromatic N) is 2. The topological polar surface area (TPSA) is 70.7 Å². The van der Waals surface area contributed by atoms with E-state index in [1.54, 1.807) is 6.20 Å². The van der Waals surface area contributed by atoms with Crippen molar-refractivity contribution in [2.75, 3.05) is 5.32 Å². The Kier molecular flexibility index (Phi) is 3.31. The van der Waals surface area contributed by atoms with Gasteiger partial charge in [0.05, 0.1) is 11.9 Å². The lowest BCUT2D eigenvalue weighted by Gasteiger charge is -2.06. The lowest BCUT2D eigenvalue weighted by Crippen LogP contribution is -2.14. The number of aromatic nitrogens is 3. The van der Waals surface area contributed by atoms with Crippen molar-refractivity contribution < 1.29 is 4.79 Å². The van der Waals surface area contributed by atoms with Gasteiger partial charge in [-0.1, -0.05) is 29.8 Å². The minimum Gasteiger partial charge on any atom is -0.324 e. The average molecular weight is 327 g/mol. The quantitative estimate of drug-likeness (QED) is 0.771. The Bertz CT molecular complexity index is 904. The van der Waals surface area contributed by atoms with Gasteiger partial charge in [0, 0.05) is 22.0 Å². The number of halogens is 1. The monoisotopic (exact) mass is 326 g/mol. The third-order valence-corrected chi connectivity index (χ3v) is 4.64. The van der Waals surface area contributed by atoms with Gasteiger partial charge in [-0.3, -0.25) is 9.89 Å². The summed E-state index contributed by atoms with van der Waals surface area (Å²) in [5.41, 5.74) is 3.33. The van der Waals surface area contributed by atoms with E-state index in [-0.39, 0.29) is 17.7 Å². The number of pyridine rings is 1. The molecule has 1 aromatic carbocycles. The first-order valence-corrected chi connectivity index (χ1v) is 7.87. The first kappa shape index (κ1) is 14.2. The van der Waals surface area contributed by atoms with Crippen LogP contribution in [0.25, 0.3) is 11.0 Å². The van der Waals surface area contributed by atoms with E-state index < -0.39 is 0 Å². The number of nitrogens with one attached hydrogen (secondary N) is 2. The molecule has 0 bridgehead atoms. The molecule has 0 radical (unpaired) electrons. The molecule has 5 nitrogen and oxygen atoms in total. The molecule has 0 aliphatic heterocycles. The van der Waals surface area contributed by atoms with Crippen LogP contribution in [-0.4, -0.2) is 21.1 Å². The smallest absolute Gasteiger partial charge is 0.228 e. The molecule has 1 aliphatic rings. The summed E-state index contributed by atoms with van der Waals surface area (Å²) in [6.07, 6.45) is 2.46. The molecule has 4 rings (SSSR count). The van der Waals surface area contributed by atoms with Gasteiger partial charge in [-0.2, -0.15) is 5.10 Å². The van der Waals surface area contributed by atoms with Crippen molar-refractivity contribution in [2.24, 2.45) is 5.92 Å². The van der Waals surface area contributed by atoms with Gasteiger partial charge in [-0.25, -0.2) is 4.98 Å². The van der Waals surface area contributed by atoms with Crippen molar-refractivity contribution in [3.8, 4) is 0 Å². The number of amides is 1. The van der Waals surface area contributed by atoms with Crippen LogP contribution in [0.4, 0.5) is 5.69 Å². The zero-order valence-corrected chi connectivity index (χ0v) is 13.3. The van der Waals surface area contributed by atoms with Crippen LogP contribution in [0.5, 0.6) is 0 Å². The highest BCUT2D eigenvalue weighted by Crippen LogP contribution is 2.50. The summed E-state index contributed by atoms with van der Waals surface area (Å²) >= 11 is 6.21. The van der Waals surface area contributed by atoms with Gasteiger partial charge < -0.3 is 5.32 Å². The number of aryl methyl sites for hydroxylation is 1. The number of aromatic amines is 1. The maximum absolute atomic E-state index is 12.4. The Labute approximate surface area is 138 Å². The molecule has 2 aromatic heterocycles. The molecule has 1 aliphatic carbocycles. The van der Waals surface area contributed by atoms with Gasteiger partial charge in [0.15, 0.2) is 5.65 Å². The maximum atomic E-state index is 12.4. The number of benzene rings is 1. The minimum absolute atomic E-state index is 0.0113. The number of hydrogen-bond donors (Lipinski definition) is 2. The number of rotatable bonds is 3. The molecular formula is C17H15ClN4O. The number of H-pyrrole nitrogens is 1. The number of hydrogen-bond acceptors (Lipinski definition) is 3. The summed E-state index contributed by atoms with van der Waals surface area (Å²) in [5.74, 6) is 0.185. The molecule has 1 saturated carbocycles. The van der Waals surface area contributed by atoms with Gasteiger partial charge in [0.25, 0.3) is 0 Å². The van der Waals surface area contributed by atoms with Crippen LogP contribution < -0.4 is 5.32 Å². The summed E-state index contributed by atoms with van der Waals surface area (Å²) < 4.78 is 0. The van der Waals surface area contributed by atoms with Crippen LogP contribution in [0.2, 0.25) is 5.02 Å². The molecule has 1 fully saturated rings. The number of anilines is 1. The predicted molar refractivity (Wildman–Crippen MR) is 89.6 cm³/mol. The maximum Gasteiger partial charge on any atom is 0.228 e. The molecule has 0 spiro atoms. The number of fused-ring (bicyclic) bond motifs is 1. The highest BCUT2D eigenvalue weighted by Gasteiger charge is 2.44. The third-order valence-electron chi connectivity index (χ3n) is 4.30. The SMILES string of the molecule is Cc1[nH]nc2ncc(NC(=O)C3CC3c3ccccc3Cl)cc12. The fourth-order valence-corrected chi connectivity index (χ4v) is 3.20. The van der Waals surface area contributed by atoms with E-state index in [1.807, 2.05) is 37.3 Å². The van der Waals surface area contributed by atoms with E-state index in [0.717, 1.165) is 28.1 Å². The summed E-state index contributed by atoms with van der Waals surface area (Å²) in [5, 5.41) is 11.6. The van der Waals surface area contributed by atoms with Crippen molar-refractivity contribution in [2.45, 2.75) is 19.3 Å². The molecule has 0 saturated heterocycles. The van der Waals surface area contributed by atoms with Crippen LogP contribution in [0.1, 0.15) is 23.6 Å². The van der Waals surface area contributed by atoms with Crippen molar-refractivity contribution in [3.63, 3.8) is 0 Å². The van der Waals surface area contributed by atoms with Crippen molar-refractivity contribution in [3.05, 3.63) is 52.8 Å². The molecule has 2 N–H and O–H groups in total. The minimum atomic E-state index is -0.0314. The lowest BCUT2D eigenvalue weighted by molar-refractivity contribution is -0.117. The van der Waals surface area contributed by atoms with E-state index in [2.05, 4.69) is 20.5 Å². The molecule has 1 amide bonds. The fraction of sp³-hybridized carbons (Fsp3) is 0.235. The van der Waals surface area contributed by atoms with Gasteiger partial charge >= 0.3 is 0 Å². The Balaban J connectivity index is 1.50. The molecule has 116 valence electrons. The molecule has 2 heterocycles. The number of carbonyl (C=O) groups is 1. The zero-order valence-electron chi connectivity index (χ0n) is 12.5. The Morgan fingerprint density at radius 3 is 3.04 bits per heavy atom. The van der Waals surface area contributed by atoms with E-state index >= 15 is 0 Å². The highest BCUT2D eigenvalue weighted by molar-refractivity contribution is 6.31. The van der Waals surface area contributed by atoms with E-state index in [4.69, 9.17) is 11.6 Å². The summed E-state index contributed by atoms with van der Waals surface area (Å²) in [6.45, 7) is 1.93. The first-order valence-electron chi connectivity index (χ1n) is 7.49. The van der Waals surface area contributed by atoms with Crippen LogP contribution in [-0.2, 0) is 4.79 Å². The molecule has 23 heavy (non-hydrogen) atoms. The largest absolute Gasteiger partial charge is 0.324 e. The van der Waals surface area contributed by atoms with E-state index in [9.17, 15) is 4.79 Å². The van der Waals surface area contributed by atoms with Crippen molar-refractivity contribution in [1.82, 2.24) is 15.2 Å². The molecule has 2 atom stereocenters. The summed E-state index contributed by atoms with van der Waals surface area (Å²) in [7, 11) is 0. The molecular weight excluding hydrogens is 312 g/mol. The van der Waals surface area contributed by atoms with Crippen LogP contribution in [0.3, 0.4) is 0 Å². The van der Waals surface area contributed by atoms with Gasteiger partial charge in [-0.15, -0.1) is 0 Å². The molecule has 6 heteroatoms. The second-order valence-electron chi connectivity index (χ2n) is 5.90. The lowest BCUT2D eigenvalue weighted by atomic mass is 10.1. The zero-order chi connectivity index (χ0) is 16.0. The van der Waals surface area contributed by atoms with Gasteiger partial charge in [-0.05, 0) is 37.0 Å². The Morgan fingerprint density at radius 2 is 2.22 bits per heavy atom. The summed E-state index contributed by atoms with van der Waals surface area (Å²) in [4.78, 5) is 16.7. The normalized spacial score (nSPS) is 19.7. The number of carbonyl (C=O) groups excluding carboxylic acids is 1. The Morgan fingerprint density at radius 1 is 1.39 bits per heavy atom. The van der Waals surface area contributed by atoms with Crippen LogP contribution in [0.15, 0.2) is 36.5 Å². The van der Waals surface area contributed by atoms with Crippen molar-refractivity contribution in [1.29, 1.82) is 0 Å². The predicted octanol–water partition coefficient (Wildman–Crippen LogP) is 3.66. The van der Waals surface area contributed by atoms with Crippen LogP contribution >= 0.6 is 11.6 Å². The third kappa shape index (κ3) is 2.57. The average Bonchev–Trinajstić information content (AvgIpc) is 3.26. The molecule has 3 aromatic rings. The van der Waals surface area contributed by atoms with E-state index in [1.165, 1.54) is 0 Å². The highest BCUT2D eigenvalue weighted by atomic mass is 35.5. The van der Waals surface area contributed by atoms with E-state index in [0.29, 0.717) is 11.3 Å². The molecule has 2 unspecified atom stereocenters. The summed E-state index contributed by atoms with van der Waals surface area (Å²) in [6, 6.07) is 9.60. The standard InChI is InChI=1S/C17H15ClN4O/c1-9-12-6-10(8-19-16(12)22-21-9)20-17(23)14-7-13(14)11-4-2-3-5-15(11)18/h2-6,8,13-14H,7H2,1H3,(H,20,23)(H,19,21,22). The fourth-order valence-electron chi connectivity index (χ4n) is 2.93. The Hall–Kier alpha value is -2.40. The van der Waals surface area contributed by atoms with Gasteiger partial charge in [0.1, 0.15) is 0 Å². The van der Waals surface area contributed by atoms with Crippen molar-refractivity contribution >= 4 is 34.2 Å². The van der Waals surface area contributed by atoms with Crippen LogP contribution in [0, 0.1) is 12.8 Å². The second kappa shape index (κ2) is 5.35. The first-order chi connectivity index (χ1) is 11.1. The second-order valence-corrected chi connectivity index (χ2v) is 6.31.